The number of alkyl halides is 3. The first-order chi connectivity index (χ1) is 10.5. The van der Waals surface area contributed by atoms with E-state index in [0.717, 1.165) is 6.07 Å². The lowest BCUT2D eigenvalue weighted by molar-refractivity contribution is -0.137. The minimum atomic E-state index is -4.51. The predicted molar refractivity (Wildman–Crippen MR) is 75.1 cm³/mol. The fourth-order valence-corrected chi connectivity index (χ4v) is 1.68. The van der Waals surface area contributed by atoms with Crippen molar-refractivity contribution in [3.63, 3.8) is 0 Å². The molecule has 2 aromatic carbocycles. The quantitative estimate of drug-likeness (QED) is 0.834. The normalized spacial score (nSPS) is 10.9. The van der Waals surface area contributed by atoms with Gasteiger partial charge in [-0.25, -0.2) is 0 Å². The summed E-state index contributed by atoms with van der Waals surface area (Å²) < 4.78 is 43.5. The summed E-state index contributed by atoms with van der Waals surface area (Å²) in [5.74, 6) is -0.103. The number of amides is 1. The second-order valence-corrected chi connectivity index (χ2v) is 4.32. The molecule has 0 saturated carbocycles. The van der Waals surface area contributed by atoms with Crippen molar-refractivity contribution in [2.45, 2.75) is 6.18 Å². The van der Waals surface area contributed by atoms with E-state index in [9.17, 15) is 18.0 Å². The van der Waals surface area contributed by atoms with Crippen LogP contribution in [0.1, 0.15) is 5.56 Å². The van der Waals surface area contributed by atoms with Crippen LogP contribution < -0.4 is 15.6 Å². The van der Waals surface area contributed by atoms with E-state index in [1.54, 1.807) is 30.3 Å². The van der Waals surface area contributed by atoms with Gasteiger partial charge in [-0.05, 0) is 24.3 Å². The van der Waals surface area contributed by atoms with Gasteiger partial charge in [0.05, 0.1) is 11.3 Å². The molecule has 0 unspecified atom stereocenters. The Bertz CT molecular complexity index is 630. The summed E-state index contributed by atoms with van der Waals surface area (Å²) >= 11 is 0. The summed E-state index contributed by atoms with van der Waals surface area (Å²) in [6.45, 7) is -0.314. The molecule has 22 heavy (non-hydrogen) atoms. The van der Waals surface area contributed by atoms with Crippen molar-refractivity contribution in [1.82, 2.24) is 5.43 Å². The zero-order valence-corrected chi connectivity index (χ0v) is 11.4. The number of nitrogens with one attached hydrogen (secondary N) is 2. The highest BCUT2D eigenvalue weighted by atomic mass is 19.4. The molecule has 0 spiro atoms. The van der Waals surface area contributed by atoms with E-state index >= 15 is 0 Å². The van der Waals surface area contributed by atoms with Crippen LogP contribution in [0.25, 0.3) is 0 Å². The number of carbonyl (C=O) groups excluding carboxylic acids is 1. The number of rotatable bonds is 5. The predicted octanol–water partition coefficient (Wildman–Crippen LogP) is 3.23. The minimum absolute atomic E-state index is 0.233. The van der Waals surface area contributed by atoms with Gasteiger partial charge in [0, 0.05) is 0 Å². The van der Waals surface area contributed by atoms with Crippen LogP contribution in [-0.2, 0) is 11.0 Å². The Hall–Kier alpha value is -2.70. The van der Waals surface area contributed by atoms with Crippen LogP contribution in [0.5, 0.6) is 5.75 Å². The van der Waals surface area contributed by atoms with Gasteiger partial charge >= 0.3 is 6.18 Å². The summed E-state index contributed by atoms with van der Waals surface area (Å²) in [4.78, 5) is 11.6. The Balaban J connectivity index is 1.89. The van der Waals surface area contributed by atoms with E-state index in [1.807, 2.05) is 0 Å². The number of anilines is 1. The number of ether oxygens (including phenoxy) is 1. The van der Waals surface area contributed by atoms with Crippen LogP contribution in [0.4, 0.5) is 18.9 Å². The Morgan fingerprint density at radius 1 is 1.00 bits per heavy atom. The number of carbonyl (C=O) groups is 1. The fourth-order valence-electron chi connectivity index (χ4n) is 1.68. The molecule has 116 valence electrons. The topological polar surface area (TPSA) is 50.4 Å². The van der Waals surface area contributed by atoms with Crippen molar-refractivity contribution >= 4 is 11.6 Å². The molecule has 0 bridgehead atoms. The van der Waals surface area contributed by atoms with Gasteiger partial charge in [-0.3, -0.25) is 15.6 Å². The minimum Gasteiger partial charge on any atom is -0.484 e. The average Bonchev–Trinajstić information content (AvgIpc) is 2.51. The lowest BCUT2D eigenvalue weighted by atomic mass is 10.2. The van der Waals surface area contributed by atoms with Gasteiger partial charge in [-0.15, -0.1) is 0 Å². The van der Waals surface area contributed by atoms with Gasteiger partial charge < -0.3 is 4.74 Å². The van der Waals surface area contributed by atoms with Crippen LogP contribution >= 0.6 is 0 Å². The second kappa shape index (κ2) is 6.84. The molecule has 0 aliphatic heterocycles. The first-order valence-corrected chi connectivity index (χ1v) is 6.36. The highest BCUT2D eigenvalue weighted by Gasteiger charge is 2.33. The summed E-state index contributed by atoms with van der Waals surface area (Å²) in [6.07, 6.45) is -4.51. The maximum atomic E-state index is 12.8. The highest BCUT2D eigenvalue weighted by molar-refractivity contribution is 5.79. The number of hydrogen-bond acceptors (Lipinski definition) is 3. The molecule has 0 saturated heterocycles. The van der Waals surface area contributed by atoms with E-state index < -0.39 is 17.6 Å². The number of halogens is 3. The van der Waals surface area contributed by atoms with Gasteiger partial charge in [0.1, 0.15) is 5.75 Å². The lowest BCUT2D eigenvalue weighted by Crippen LogP contribution is -2.34. The molecule has 7 heteroatoms. The first kappa shape index (κ1) is 15.7. The van der Waals surface area contributed by atoms with Gasteiger partial charge in [0.15, 0.2) is 6.61 Å². The molecule has 0 radical (unpaired) electrons. The van der Waals surface area contributed by atoms with Crippen LogP contribution in [0.2, 0.25) is 0 Å². The second-order valence-electron chi connectivity index (χ2n) is 4.32. The van der Waals surface area contributed by atoms with Gasteiger partial charge in [-0.2, -0.15) is 13.2 Å². The Morgan fingerprint density at radius 2 is 1.64 bits per heavy atom. The highest BCUT2D eigenvalue weighted by Crippen LogP contribution is 2.34. The standard InChI is InChI=1S/C15H13F3N2O2/c16-15(17,18)12-8-4-5-9-13(12)19-20-14(21)10-22-11-6-2-1-3-7-11/h1-9,19H,10H2,(H,20,21). The molecule has 2 aromatic rings. The van der Waals surface area contributed by atoms with Crippen LogP contribution in [0.3, 0.4) is 0 Å². The number of para-hydroxylation sites is 2. The smallest absolute Gasteiger partial charge is 0.418 e. The lowest BCUT2D eigenvalue weighted by Gasteiger charge is -2.15. The Kier molecular flexibility index (Phi) is 4.88. The monoisotopic (exact) mass is 310 g/mol. The van der Waals surface area contributed by atoms with Gasteiger partial charge in [-0.1, -0.05) is 30.3 Å². The zero-order chi connectivity index (χ0) is 16.0. The van der Waals surface area contributed by atoms with E-state index in [4.69, 9.17) is 4.74 Å². The third-order valence-corrected chi connectivity index (χ3v) is 2.68. The van der Waals surface area contributed by atoms with Crippen molar-refractivity contribution in [3.8, 4) is 5.75 Å². The first-order valence-electron chi connectivity index (χ1n) is 6.36. The van der Waals surface area contributed by atoms with E-state index in [1.165, 1.54) is 18.2 Å². The van der Waals surface area contributed by atoms with E-state index in [2.05, 4.69) is 10.9 Å². The molecular weight excluding hydrogens is 297 g/mol. The molecule has 0 heterocycles. The molecule has 0 atom stereocenters. The maximum Gasteiger partial charge on any atom is 0.418 e. The molecule has 0 fully saturated rings. The third kappa shape index (κ3) is 4.41. The Morgan fingerprint density at radius 3 is 2.32 bits per heavy atom. The molecule has 0 aliphatic carbocycles. The molecule has 2 rings (SSSR count). The van der Waals surface area contributed by atoms with Crippen molar-refractivity contribution in [3.05, 3.63) is 60.2 Å². The van der Waals surface area contributed by atoms with Gasteiger partial charge in [0.25, 0.3) is 5.91 Å². The maximum absolute atomic E-state index is 12.8. The Labute approximate surface area is 124 Å². The van der Waals surface area contributed by atoms with E-state index in [-0.39, 0.29) is 12.3 Å². The summed E-state index contributed by atoms with van der Waals surface area (Å²) in [7, 11) is 0. The van der Waals surface area contributed by atoms with Crippen molar-refractivity contribution in [2.75, 3.05) is 12.0 Å². The van der Waals surface area contributed by atoms with E-state index in [0.29, 0.717) is 5.75 Å². The van der Waals surface area contributed by atoms with Crippen LogP contribution in [-0.4, -0.2) is 12.5 Å². The van der Waals surface area contributed by atoms with Gasteiger partial charge in [0.2, 0.25) is 0 Å². The average molecular weight is 310 g/mol. The molecule has 1 amide bonds. The SMILES string of the molecule is O=C(COc1ccccc1)NNc1ccccc1C(F)(F)F. The number of hydrogen-bond donors (Lipinski definition) is 2. The van der Waals surface area contributed by atoms with Crippen molar-refractivity contribution in [2.24, 2.45) is 0 Å². The zero-order valence-electron chi connectivity index (χ0n) is 11.4. The fraction of sp³-hybridized carbons (Fsp3) is 0.133. The summed E-state index contributed by atoms with van der Waals surface area (Å²) in [5, 5.41) is 0. The molecule has 2 N–H and O–H groups in total. The van der Waals surface area contributed by atoms with Crippen LogP contribution in [0, 0.1) is 0 Å². The van der Waals surface area contributed by atoms with Crippen molar-refractivity contribution in [1.29, 1.82) is 0 Å². The number of hydrazine groups is 1. The largest absolute Gasteiger partial charge is 0.484 e. The van der Waals surface area contributed by atoms with Crippen molar-refractivity contribution < 1.29 is 22.7 Å². The molecule has 4 nitrogen and oxygen atoms in total. The molecular formula is C15H13F3N2O2. The molecule has 0 aliphatic rings. The number of benzene rings is 2. The summed E-state index contributed by atoms with van der Waals surface area (Å²) in [6, 6.07) is 13.5. The van der Waals surface area contributed by atoms with Crippen LogP contribution in [0.15, 0.2) is 54.6 Å². The third-order valence-electron chi connectivity index (χ3n) is 2.68. The molecule has 0 aromatic heterocycles. The summed E-state index contributed by atoms with van der Waals surface area (Å²) in [5.41, 5.74) is 3.33.